The van der Waals surface area contributed by atoms with Gasteiger partial charge in [0.05, 0.1) is 5.69 Å². The van der Waals surface area contributed by atoms with Gasteiger partial charge in [0.15, 0.2) is 5.13 Å². The molecule has 0 aliphatic heterocycles. The molecule has 1 heterocycles. The third-order valence-corrected chi connectivity index (χ3v) is 4.20. The van der Waals surface area contributed by atoms with Crippen LogP contribution >= 0.6 is 11.3 Å². The monoisotopic (exact) mass is 303 g/mol. The number of thiazole rings is 1. The molecule has 21 heavy (non-hydrogen) atoms. The van der Waals surface area contributed by atoms with Crippen molar-refractivity contribution in [2.24, 2.45) is 5.92 Å². The maximum atomic E-state index is 4.76. The zero-order valence-electron chi connectivity index (χ0n) is 13.4. The number of aromatic nitrogens is 1. The van der Waals surface area contributed by atoms with E-state index in [1.165, 1.54) is 11.3 Å². The summed E-state index contributed by atoms with van der Waals surface area (Å²) in [5, 5.41) is 6.67. The molecular formula is C17H25N3S. The van der Waals surface area contributed by atoms with Crippen molar-refractivity contribution in [1.82, 2.24) is 10.3 Å². The molecule has 1 N–H and O–H groups in total. The van der Waals surface area contributed by atoms with Gasteiger partial charge in [0, 0.05) is 24.2 Å². The van der Waals surface area contributed by atoms with Crippen molar-refractivity contribution in [2.75, 3.05) is 18.0 Å². The van der Waals surface area contributed by atoms with Crippen LogP contribution in [0.5, 0.6) is 0 Å². The summed E-state index contributed by atoms with van der Waals surface area (Å²) in [6.45, 7) is 11.5. The van der Waals surface area contributed by atoms with Crippen LogP contribution in [0.15, 0.2) is 29.6 Å². The summed E-state index contributed by atoms with van der Waals surface area (Å²) in [5.41, 5.74) is 3.62. The lowest BCUT2D eigenvalue weighted by Crippen LogP contribution is -2.19. The molecule has 2 aromatic rings. The van der Waals surface area contributed by atoms with Crippen LogP contribution < -0.4 is 10.2 Å². The van der Waals surface area contributed by atoms with E-state index in [0.29, 0.717) is 5.92 Å². The molecule has 0 aliphatic carbocycles. The van der Waals surface area contributed by atoms with E-state index >= 15 is 0 Å². The third kappa shape index (κ3) is 4.55. The van der Waals surface area contributed by atoms with Gasteiger partial charge in [0.2, 0.25) is 0 Å². The van der Waals surface area contributed by atoms with Gasteiger partial charge in [-0.3, -0.25) is 0 Å². The van der Waals surface area contributed by atoms with E-state index in [4.69, 9.17) is 4.98 Å². The standard InChI is InChI=1S/C17H25N3S/c1-5-20(16-8-6-14(4)7-9-16)17-19-15(12-21-17)11-18-10-13(2)3/h6-9,12-13,18H,5,10-11H2,1-4H3. The van der Waals surface area contributed by atoms with Crippen LogP contribution in [-0.2, 0) is 6.54 Å². The fourth-order valence-corrected chi connectivity index (χ4v) is 3.05. The molecule has 0 aliphatic rings. The molecule has 0 atom stereocenters. The molecule has 0 saturated heterocycles. The number of aryl methyl sites for hydroxylation is 1. The van der Waals surface area contributed by atoms with Crippen molar-refractivity contribution in [3.8, 4) is 0 Å². The van der Waals surface area contributed by atoms with Gasteiger partial charge >= 0.3 is 0 Å². The van der Waals surface area contributed by atoms with Gasteiger partial charge in [-0.2, -0.15) is 0 Å². The van der Waals surface area contributed by atoms with E-state index in [-0.39, 0.29) is 0 Å². The molecule has 0 amide bonds. The highest BCUT2D eigenvalue weighted by Gasteiger charge is 2.11. The van der Waals surface area contributed by atoms with Gasteiger partial charge in [-0.05, 0) is 38.4 Å². The van der Waals surface area contributed by atoms with Crippen LogP contribution in [0.25, 0.3) is 0 Å². The average molecular weight is 303 g/mol. The molecule has 0 bridgehead atoms. The molecule has 3 nitrogen and oxygen atoms in total. The van der Waals surface area contributed by atoms with Crippen LogP contribution in [0, 0.1) is 12.8 Å². The zero-order valence-corrected chi connectivity index (χ0v) is 14.2. The quantitative estimate of drug-likeness (QED) is 0.824. The number of hydrogen-bond acceptors (Lipinski definition) is 4. The molecule has 0 radical (unpaired) electrons. The first-order valence-electron chi connectivity index (χ1n) is 7.59. The number of nitrogens with zero attached hydrogens (tertiary/aromatic N) is 2. The van der Waals surface area contributed by atoms with Crippen molar-refractivity contribution in [2.45, 2.75) is 34.2 Å². The number of nitrogens with one attached hydrogen (secondary N) is 1. The van der Waals surface area contributed by atoms with Crippen molar-refractivity contribution in [3.63, 3.8) is 0 Å². The molecule has 2 rings (SSSR count). The van der Waals surface area contributed by atoms with Gasteiger partial charge in [-0.25, -0.2) is 4.98 Å². The van der Waals surface area contributed by atoms with E-state index in [1.807, 2.05) is 0 Å². The summed E-state index contributed by atoms with van der Waals surface area (Å²) in [4.78, 5) is 7.02. The second kappa shape index (κ2) is 7.57. The minimum Gasteiger partial charge on any atom is -0.318 e. The third-order valence-electron chi connectivity index (χ3n) is 3.29. The Morgan fingerprint density at radius 1 is 1.24 bits per heavy atom. The fourth-order valence-electron chi connectivity index (χ4n) is 2.14. The summed E-state index contributed by atoms with van der Waals surface area (Å²) >= 11 is 1.71. The minimum atomic E-state index is 0.669. The van der Waals surface area contributed by atoms with Crippen LogP contribution in [0.4, 0.5) is 10.8 Å². The first kappa shape index (κ1) is 16.0. The Kier molecular flexibility index (Phi) is 5.76. The smallest absolute Gasteiger partial charge is 0.190 e. The maximum Gasteiger partial charge on any atom is 0.190 e. The molecular weight excluding hydrogens is 278 g/mol. The largest absolute Gasteiger partial charge is 0.318 e. The topological polar surface area (TPSA) is 28.2 Å². The van der Waals surface area contributed by atoms with Gasteiger partial charge in [0.1, 0.15) is 0 Å². The van der Waals surface area contributed by atoms with Crippen LogP contribution in [-0.4, -0.2) is 18.1 Å². The fraction of sp³-hybridized carbons (Fsp3) is 0.471. The SMILES string of the molecule is CCN(c1ccc(C)cc1)c1nc(CNCC(C)C)cs1. The van der Waals surface area contributed by atoms with E-state index in [1.54, 1.807) is 11.3 Å². The first-order valence-corrected chi connectivity index (χ1v) is 8.47. The summed E-state index contributed by atoms with van der Waals surface area (Å²) in [7, 11) is 0. The molecule has 1 aromatic heterocycles. The Morgan fingerprint density at radius 2 is 1.95 bits per heavy atom. The van der Waals surface area contributed by atoms with E-state index in [2.05, 4.69) is 67.6 Å². The number of hydrogen-bond donors (Lipinski definition) is 1. The van der Waals surface area contributed by atoms with Crippen LogP contribution in [0.3, 0.4) is 0 Å². The highest BCUT2D eigenvalue weighted by atomic mass is 32.1. The Labute approximate surface area is 132 Å². The zero-order chi connectivity index (χ0) is 15.2. The lowest BCUT2D eigenvalue weighted by atomic mass is 10.2. The van der Waals surface area contributed by atoms with Crippen molar-refractivity contribution < 1.29 is 0 Å². The predicted octanol–water partition coefficient (Wildman–Crippen LogP) is 4.36. The lowest BCUT2D eigenvalue weighted by Gasteiger charge is -2.20. The van der Waals surface area contributed by atoms with Gasteiger partial charge in [0.25, 0.3) is 0 Å². The normalized spacial score (nSPS) is 11.1. The number of rotatable bonds is 7. The van der Waals surface area contributed by atoms with Crippen LogP contribution in [0.1, 0.15) is 32.0 Å². The molecule has 4 heteroatoms. The average Bonchev–Trinajstić information content (AvgIpc) is 2.90. The molecule has 114 valence electrons. The van der Waals surface area contributed by atoms with E-state index < -0.39 is 0 Å². The van der Waals surface area contributed by atoms with Crippen molar-refractivity contribution in [3.05, 3.63) is 40.9 Å². The van der Waals surface area contributed by atoms with Crippen LogP contribution in [0.2, 0.25) is 0 Å². The van der Waals surface area contributed by atoms with E-state index in [0.717, 1.165) is 30.5 Å². The Bertz CT molecular complexity index is 545. The van der Waals surface area contributed by atoms with Gasteiger partial charge in [-0.1, -0.05) is 31.5 Å². The molecule has 0 fully saturated rings. The highest BCUT2D eigenvalue weighted by Crippen LogP contribution is 2.28. The molecule has 0 saturated carbocycles. The molecule has 1 aromatic carbocycles. The highest BCUT2D eigenvalue weighted by molar-refractivity contribution is 7.13. The Morgan fingerprint density at radius 3 is 2.57 bits per heavy atom. The van der Waals surface area contributed by atoms with Gasteiger partial charge < -0.3 is 10.2 Å². The molecule has 0 spiro atoms. The maximum absolute atomic E-state index is 4.76. The van der Waals surface area contributed by atoms with Crippen molar-refractivity contribution in [1.29, 1.82) is 0 Å². The predicted molar refractivity (Wildman–Crippen MR) is 92.5 cm³/mol. The lowest BCUT2D eigenvalue weighted by molar-refractivity contribution is 0.549. The van der Waals surface area contributed by atoms with E-state index in [9.17, 15) is 0 Å². The summed E-state index contributed by atoms with van der Waals surface area (Å²) in [5.74, 6) is 0.669. The van der Waals surface area contributed by atoms with Gasteiger partial charge in [-0.15, -0.1) is 11.3 Å². The minimum absolute atomic E-state index is 0.669. The first-order chi connectivity index (χ1) is 10.1. The molecule has 0 unspecified atom stereocenters. The Balaban J connectivity index is 2.05. The second-order valence-corrected chi connectivity index (χ2v) is 6.56. The van der Waals surface area contributed by atoms with Crippen molar-refractivity contribution >= 4 is 22.2 Å². The number of benzene rings is 1. The summed E-state index contributed by atoms with van der Waals surface area (Å²) in [6, 6.07) is 8.63. The second-order valence-electron chi connectivity index (χ2n) is 5.73. The summed E-state index contributed by atoms with van der Waals surface area (Å²) < 4.78 is 0. The number of anilines is 2. The Hall–Kier alpha value is -1.39. The summed E-state index contributed by atoms with van der Waals surface area (Å²) in [6.07, 6.45) is 0.